The number of carbonyl (C=O) groups excluding carboxylic acids is 1. The number of hydrogen-bond acceptors (Lipinski definition) is 4. The third kappa shape index (κ3) is 5.60. The van der Waals surface area contributed by atoms with Crippen molar-refractivity contribution in [3.8, 4) is 11.3 Å². The Bertz CT molecular complexity index is 1350. The summed E-state index contributed by atoms with van der Waals surface area (Å²) in [4.78, 5) is 14.7. The van der Waals surface area contributed by atoms with E-state index in [0.29, 0.717) is 0 Å². The number of aliphatic hydroxyl groups is 1. The fraction of sp³-hybridized carbons (Fsp3) is 0.286. The number of aliphatic hydroxyl groups excluding tert-OH is 1. The van der Waals surface area contributed by atoms with Crippen molar-refractivity contribution in [1.29, 1.82) is 0 Å². The van der Waals surface area contributed by atoms with Crippen molar-refractivity contribution >= 4 is 37.3 Å². The average molecular weight is 635 g/mol. The van der Waals surface area contributed by atoms with Gasteiger partial charge in [-0.3, -0.25) is 4.79 Å². The Kier molecular flexibility index (Phi) is 8.23. The molecule has 2 aromatic carbocycles. The number of thiophene rings is 1. The van der Waals surface area contributed by atoms with Crippen LogP contribution in [0.3, 0.4) is 0 Å². The van der Waals surface area contributed by atoms with Crippen LogP contribution < -0.4 is 0 Å². The molecule has 0 spiro atoms. The molecular weight excluding hydrogens is 607 g/mol. The van der Waals surface area contributed by atoms with E-state index in [1.807, 2.05) is 17.5 Å². The van der Waals surface area contributed by atoms with Gasteiger partial charge in [0, 0.05) is 47.5 Å². The fourth-order valence-electron chi connectivity index (χ4n) is 4.23. The number of allylic oxidation sites excluding steroid dienone is 2. The Hall–Kier alpha value is -2.33. The molecule has 1 aliphatic rings. The fourth-order valence-corrected chi connectivity index (χ4v) is 5.47. The van der Waals surface area contributed by atoms with Gasteiger partial charge in [-0.15, -0.1) is 46.2 Å². The smallest absolute Gasteiger partial charge is 0.155 e. The van der Waals surface area contributed by atoms with Gasteiger partial charge >= 0.3 is 0 Å². The van der Waals surface area contributed by atoms with Gasteiger partial charge in [0.25, 0.3) is 0 Å². The maximum Gasteiger partial charge on any atom is 0.155 e. The van der Waals surface area contributed by atoms with Crippen LogP contribution >= 0.6 is 11.3 Å². The van der Waals surface area contributed by atoms with E-state index in [-0.39, 0.29) is 31.6 Å². The van der Waals surface area contributed by atoms with Crippen LogP contribution in [0.1, 0.15) is 48.9 Å². The van der Waals surface area contributed by atoms with E-state index >= 15 is 0 Å². The molecule has 3 nitrogen and oxygen atoms in total. The topological polar surface area (TPSA) is 50.2 Å². The summed E-state index contributed by atoms with van der Waals surface area (Å²) in [7, 11) is 0. The number of aryl methyl sites for hydroxylation is 4. The maximum atomic E-state index is 10.0. The molecule has 0 unspecified atom stereocenters. The number of rotatable bonds is 2. The molecule has 5 heteroatoms. The molecular formula is C28H28IrNO2S-. The minimum absolute atomic E-state index is 0. The molecule has 33 heavy (non-hydrogen) atoms. The van der Waals surface area contributed by atoms with E-state index in [0.717, 1.165) is 11.3 Å². The van der Waals surface area contributed by atoms with Crippen LogP contribution in [0.25, 0.3) is 31.4 Å². The standard InChI is InChI=1S/C23H20NS.C5H8O2.Ir/c1-14-7-8-18(11-15(14)2)22-23-19(9-10-24-22)20-12-16-5-3-4-6-17(16)13-21(20)25-23;1-4(6)3-5(2)7;/h7,9-13H,3-6H2,1-2H3;3,6H,1-2H3;/q-1;;/b;4-3-;. The Balaban J connectivity index is 0.000000337. The van der Waals surface area contributed by atoms with Crippen LogP contribution in [0.2, 0.25) is 0 Å². The molecule has 0 atom stereocenters. The van der Waals surface area contributed by atoms with Gasteiger partial charge in [0.2, 0.25) is 0 Å². The summed E-state index contributed by atoms with van der Waals surface area (Å²) in [5, 5.41) is 11.1. The molecule has 2 aromatic heterocycles. The van der Waals surface area contributed by atoms with Gasteiger partial charge in [-0.25, -0.2) is 0 Å². The first-order chi connectivity index (χ1) is 15.3. The number of fused-ring (bicyclic) bond motifs is 4. The Labute approximate surface area is 212 Å². The van der Waals surface area contributed by atoms with Crippen LogP contribution in [0.15, 0.2) is 48.4 Å². The van der Waals surface area contributed by atoms with Crippen molar-refractivity contribution in [3.05, 3.63) is 76.7 Å². The number of ketones is 1. The van der Waals surface area contributed by atoms with E-state index in [1.54, 1.807) is 11.1 Å². The Morgan fingerprint density at radius 3 is 2.36 bits per heavy atom. The zero-order chi connectivity index (χ0) is 22.8. The SMILES string of the molecule is CC(=O)/C=C(/C)O.Cc1c[c-]c(-c2nccc3c2sc2cc4c(cc23)CCCC4)cc1C.[Ir]. The van der Waals surface area contributed by atoms with Gasteiger partial charge in [0.15, 0.2) is 5.78 Å². The summed E-state index contributed by atoms with van der Waals surface area (Å²) >= 11 is 1.88. The summed E-state index contributed by atoms with van der Waals surface area (Å²) in [6, 6.07) is 14.8. The largest absolute Gasteiger partial charge is 0.512 e. The zero-order valence-electron chi connectivity index (χ0n) is 19.4. The molecule has 0 fully saturated rings. The molecule has 0 saturated carbocycles. The van der Waals surface area contributed by atoms with Crippen LogP contribution in [-0.4, -0.2) is 15.9 Å². The monoisotopic (exact) mass is 635 g/mol. The van der Waals surface area contributed by atoms with Gasteiger partial charge in [0.05, 0.1) is 5.76 Å². The molecule has 1 N–H and O–H groups in total. The van der Waals surface area contributed by atoms with Gasteiger partial charge in [-0.1, -0.05) is 13.8 Å². The molecule has 1 radical (unpaired) electrons. The maximum absolute atomic E-state index is 10.0. The molecule has 0 bridgehead atoms. The van der Waals surface area contributed by atoms with Crippen LogP contribution in [0, 0.1) is 19.9 Å². The summed E-state index contributed by atoms with van der Waals surface area (Å²) in [6.45, 7) is 7.14. The van der Waals surface area contributed by atoms with Gasteiger partial charge in [-0.05, 0) is 79.6 Å². The summed E-state index contributed by atoms with van der Waals surface area (Å²) in [5.41, 5.74) is 7.85. The molecule has 1 aliphatic carbocycles. The Morgan fingerprint density at radius 2 is 1.76 bits per heavy atom. The molecule has 2 heterocycles. The van der Waals surface area contributed by atoms with Gasteiger partial charge in [-0.2, -0.15) is 0 Å². The predicted molar refractivity (Wildman–Crippen MR) is 135 cm³/mol. The summed E-state index contributed by atoms with van der Waals surface area (Å²) in [6.07, 6.45) is 8.23. The number of pyridine rings is 1. The van der Waals surface area contributed by atoms with Crippen molar-refractivity contribution in [2.75, 3.05) is 0 Å². The van der Waals surface area contributed by atoms with Gasteiger partial charge in [0.1, 0.15) is 0 Å². The second-order valence-corrected chi connectivity index (χ2v) is 9.62. The quantitative estimate of drug-likeness (QED) is 0.142. The van der Waals surface area contributed by atoms with E-state index < -0.39 is 0 Å². The van der Waals surface area contributed by atoms with E-state index in [2.05, 4.69) is 50.2 Å². The number of benzene rings is 2. The normalized spacial score (nSPS) is 13.2. The second kappa shape index (κ2) is 10.7. The van der Waals surface area contributed by atoms with E-state index in [9.17, 15) is 4.79 Å². The number of aromatic nitrogens is 1. The molecule has 0 amide bonds. The molecule has 4 aromatic rings. The van der Waals surface area contributed by atoms with Crippen LogP contribution in [0.5, 0.6) is 0 Å². The van der Waals surface area contributed by atoms with Crippen LogP contribution in [-0.2, 0) is 37.7 Å². The van der Waals surface area contributed by atoms with Crippen molar-refractivity contribution in [2.45, 2.75) is 53.4 Å². The average Bonchev–Trinajstić information content (AvgIpc) is 3.11. The van der Waals surface area contributed by atoms with Crippen molar-refractivity contribution in [3.63, 3.8) is 0 Å². The molecule has 0 saturated heterocycles. The molecule has 5 rings (SSSR count). The van der Waals surface area contributed by atoms with Crippen LogP contribution in [0.4, 0.5) is 0 Å². The first-order valence-electron chi connectivity index (χ1n) is 11.0. The van der Waals surface area contributed by atoms with Gasteiger partial charge < -0.3 is 10.1 Å². The number of carbonyl (C=O) groups is 1. The van der Waals surface area contributed by atoms with Crippen molar-refractivity contribution < 1.29 is 30.0 Å². The first-order valence-corrected chi connectivity index (χ1v) is 11.9. The van der Waals surface area contributed by atoms with Crippen molar-refractivity contribution in [2.24, 2.45) is 0 Å². The number of hydrogen-bond donors (Lipinski definition) is 1. The third-order valence-corrected chi connectivity index (χ3v) is 7.12. The van der Waals surface area contributed by atoms with Crippen molar-refractivity contribution in [1.82, 2.24) is 4.98 Å². The second-order valence-electron chi connectivity index (χ2n) is 8.57. The Morgan fingerprint density at radius 1 is 1.06 bits per heavy atom. The van der Waals surface area contributed by atoms with E-state index in [1.165, 1.54) is 76.9 Å². The molecule has 0 aliphatic heterocycles. The van der Waals surface area contributed by atoms with E-state index in [4.69, 9.17) is 10.1 Å². The summed E-state index contributed by atoms with van der Waals surface area (Å²) in [5.74, 6) is -0.0625. The summed E-state index contributed by atoms with van der Waals surface area (Å²) < 4.78 is 2.69. The zero-order valence-corrected chi connectivity index (χ0v) is 22.6. The predicted octanol–water partition coefficient (Wildman–Crippen LogP) is 7.45. The molecule has 173 valence electrons. The first kappa shape index (κ1) is 25.3. The minimum Gasteiger partial charge on any atom is -0.512 e. The minimum atomic E-state index is -0.125. The number of nitrogens with zero attached hydrogens (tertiary/aromatic N) is 1. The third-order valence-electron chi connectivity index (χ3n) is 5.95.